The third-order valence-electron chi connectivity index (χ3n) is 3.54. The first-order chi connectivity index (χ1) is 11.1. The minimum absolute atomic E-state index is 0.0870. The Labute approximate surface area is 139 Å². The lowest BCUT2D eigenvalue weighted by atomic mass is 10.2. The van der Waals surface area contributed by atoms with Crippen molar-refractivity contribution in [3.63, 3.8) is 0 Å². The molecule has 8 heteroatoms. The molecule has 2 rings (SSSR count). The molecule has 134 valence electrons. The van der Waals surface area contributed by atoms with E-state index >= 15 is 0 Å². The van der Waals surface area contributed by atoms with Crippen LogP contribution in [0.4, 0.5) is 23.8 Å². The van der Waals surface area contributed by atoms with Gasteiger partial charge in [-0.2, -0.15) is 13.2 Å². The fraction of sp³-hybridized carbons (Fsp3) is 0.625. The van der Waals surface area contributed by atoms with Crippen LogP contribution < -0.4 is 4.90 Å². The zero-order chi connectivity index (χ0) is 18.0. The van der Waals surface area contributed by atoms with Crippen molar-refractivity contribution >= 4 is 11.9 Å². The Morgan fingerprint density at radius 1 is 1.17 bits per heavy atom. The molecular weight excluding hydrogens is 323 g/mol. The Morgan fingerprint density at radius 3 is 2.50 bits per heavy atom. The van der Waals surface area contributed by atoms with Crippen LogP contribution in [-0.4, -0.2) is 47.8 Å². The molecule has 0 aromatic carbocycles. The molecule has 0 radical (unpaired) electrons. The number of hydrogen-bond acceptors (Lipinski definition) is 4. The van der Waals surface area contributed by atoms with Gasteiger partial charge < -0.3 is 14.5 Å². The molecule has 0 N–H and O–H groups in total. The standard InChI is InChI=1S/C16H22F3N3O2/c1-15(2,3)24-14(23)22-9-5-8-21(10-11-22)13-12(16(17,18)19)6-4-7-20-13/h4,6-7H,5,8-11H2,1-3H3. The number of alkyl halides is 3. The van der Waals surface area contributed by atoms with E-state index in [0.717, 1.165) is 6.07 Å². The number of pyridine rings is 1. The van der Waals surface area contributed by atoms with Gasteiger partial charge in [0.2, 0.25) is 0 Å². The Balaban J connectivity index is 2.11. The molecule has 0 spiro atoms. The Bertz CT molecular complexity index is 585. The van der Waals surface area contributed by atoms with Gasteiger partial charge in [0.15, 0.2) is 0 Å². The molecule has 2 heterocycles. The first kappa shape index (κ1) is 18.4. The second-order valence-electron chi connectivity index (χ2n) is 6.68. The summed E-state index contributed by atoms with van der Waals surface area (Å²) in [5.74, 6) is -0.0870. The number of hydrogen-bond donors (Lipinski definition) is 0. The van der Waals surface area contributed by atoms with Crippen LogP contribution in [0.5, 0.6) is 0 Å². The fourth-order valence-electron chi connectivity index (χ4n) is 2.51. The summed E-state index contributed by atoms with van der Waals surface area (Å²) in [5, 5.41) is 0. The van der Waals surface area contributed by atoms with Gasteiger partial charge in [-0.3, -0.25) is 0 Å². The summed E-state index contributed by atoms with van der Waals surface area (Å²) >= 11 is 0. The molecular formula is C16H22F3N3O2. The fourth-order valence-corrected chi connectivity index (χ4v) is 2.51. The Kier molecular flexibility index (Phi) is 5.25. The predicted octanol–water partition coefficient (Wildman–Crippen LogP) is 3.55. The van der Waals surface area contributed by atoms with E-state index in [9.17, 15) is 18.0 Å². The van der Waals surface area contributed by atoms with Crippen molar-refractivity contribution in [2.75, 3.05) is 31.1 Å². The van der Waals surface area contributed by atoms with E-state index in [1.807, 2.05) is 0 Å². The molecule has 0 unspecified atom stereocenters. The summed E-state index contributed by atoms with van der Waals surface area (Å²) in [4.78, 5) is 19.1. The maximum Gasteiger partial charge on any atom is 0.419 e. The van der Waals surface area contributed by atoms with E-state index in [2.05, 4.69) is 4.98 Å². The number of carbonyl (C=O) groups is 1. The highest BCUT2D eigenvalue weighted by Gasteiger charge is 2.36. The molecule has 1 saturated heterocycles. The average Bonchev–Trinajstić information content (AvgIpc) is 2.70. The summed E-state index contributed by atoms with van der Waals surface area (Å²) in [6.45, 7) is 6.75. The predicted molar refractivity (Wildman–Crippen MR) is 83.9 cm³/mol. The van der Waals surface area contributed by atoms with Gasteiger partial charge in [-0.15, -0.1) is 0 Å². The number of carbonyl (C=O) groups excluding carboxylic acids is 1. The number of ether oxygens (including phenoxy) is 1. The van der Waals surface area contributed by atoms with Gasteiger partial charge in [-0.05, 0) is 39.3 Å². The normalized spacial score (nSPS) is 16.8. The van der Waals surface area contributed by atoms with Gasteiger partial charge in [-0.1, -0.05) is 0 Å². The number of halogens is 3. The molecule has 5 nitrogen and oxygen atoms in total. The summed E-state index contributed by atoms with van der Waals surface area (Å²) < 4.78 is 44.8. The Morgan fingerprint density at radius 2 is 1.88 bits per heavy atom. The van der Waals surface area contributed by atoms with Crippen LogP contribution in [0.25, 0.3) is 0 Å². The third kappa shape index (κ3) is 4.75. The van der Waals surface area contributed by atoms with Crippen molar-refractivity contribution in [3.8, 4) is 0 Å². The van der Waals surface area contributed by atoms with E-state index in [1.165, 1.54) is 17.2 Å². The van der Waals surface area contributed by atoms with E-state index in [4.69, 9.17) is 4.74 Å². The number of amides is 1. The van der Waals surface area contributed by atoms with Crippen molar-refractivity contribution in [3.05, 3.63) is 23.9 Å². The molecule has 1 fully saturated rings. The van der Waals surface area contributed by atoms with Crippen LogP contribution in [0.1, 0.15) is 32.8 Å². The molecule has 1 amide bonds. The summed E-state index contributed by atoms with van der Waals surface area (Å²) in [7, 11) is 0. The van der Waals surface area contributed by atoms with Gasteiger partial charge in [0.05, 0.1) is 5.56 Å². The lowest BCUT2D eigenvalue weighted by molar-refractivity contribution is -0.137. The van der Waals surface area contributed by atoms with Crippen LogP contribution in [0.2, 0.25) is 0 Å². The smallest absolute Gasteiger partial charge is 0.419 e. The lowest BCUT2D eigenvalue weighted by Crippen LogP contribution is -2.39. The summed E-state index contributed by atoms with van der Waals surface area (Å²) in [6, 6.07) is 2.30. The largest absolute Gasteiger partial charge is 0.444 e. The third-order valence-corrected chi connectivity index (χ3v) is 3.54. The number of anilines is 1. The maximum absolute atomic E-state index is 13.1. The van der Waals surface area contributed by atoms with Gasteiger partial charge in [-0.25, -0.2) is 9.78 Å². The minimum atomic E-state index is -4.46. The zero-order valence-corrected chi connectivity index (χ0v) is 14.1. The number of nitrogens with zero attached hydrogens (tertiary/aromatic N) is 3. The SMILES string of the molecule is CC(C)(C)OC(=O)N1CCCN(c2ncccc2C(F)(F)F)CC1. The second kappa shape index (κ2) is 6.86. The van der Waals surface area contributed by atoms with Gasteiger partial charge >= 0.3 is 12.3 Å². The minimum Gasteiger partial charge on any atom is -0.444 e. The van der Waals surface area contributed by atoms with Crippen LogP contribution in [0.3, 0.4) is 0 Å². The topological polar surface area (TPSA) is 45.7 Å². The number of rotatable bonds is 1. The monoisotopic (exact) mass is 345 g/mol. The maximum atomic E-state index is 13.1. The summed E-state index contributed by atoms with van der Waals surface area (Å²) in [5.41, 5.74) is -1.36. The first-order valence-electron chi connectivity index (χ1n) is 7.83. The highest BCUT2D eigenvalue weighted by molar-refractivity contribution is 5.68. The average molecular weight is 345 g/mol. The zero-order valence-electron chi connectivity index (χ0n) is 14.1. The van der Waals surface area contributed by atoms with Crippen molar-refractivity contribution < 1.29 is 22.7 Å². The van der Waals surface area contributed by atoms with Crippen LogP contribution in [0.15, 0.2) is 18.3 Å². The molecule has 1 aliphatic rings. The molecule has 24 heavy (non-hydrogen) atoms. The quantitative estimate of drug-likeness (QED) is 0.781. The highest BCUT2D eigenvalue weighted by Crippen LogP contribution is 2.35. The lowest BCUT2D eigenvalue weighted by Gasteiger charge is -2.27. The van der Waals surface area contributed by atoms with Crippen molar-refractivity contribution in [2.45, 2.75) is 39.0 Å². The molecule has 1 aromatic rings. The van der Waals surface area contributed by atoms with Crippen molar-refractivity contribution in [1.29, 1.82) is 0 Å². The Hall–Kier alpha value is -1.99. The van der Waals surface area contributed by atoms with E-state index in [0.29, 0.717) is 26.1 Å². The van der Waals surface area contributed by atoms with Crippen molar-refractivity contribution in [1.82, 2.24) is 9.88 Å². The number of aromatic nitrogens is 1. The molecule has 0 aliphatic carbocycles. The summed E-state index contributed by atoms with van der Waals surface area (Å²) in [6.07, 6.45) is -3.00. The van der Waals surface area contributed by atoms with E-state index in [1.54, 1.807) is 25.7 Å². The van der Waals surface area contributed by atoms with Gasteiger partial charge in [0, 0.05) is 32.4 Å². The second-order valence-corrected chi connectivity index (χ2v) is 6.68. The van der Waals surface area contributed by atoms with Gasteiger partial charge in [0.25, 0.3) is 0 Å². The van der Waals surface area contributed by atoms with Crippen LogP contribution >= 0.6 is 0 Å². The van der Waals surface area contributed by atoms with E-state index < -0.39 is 23.4 Å². The molecule has 0 bridgehead atoms. The van der Waals surface area contributed by atoms with Crippen LogP contribution in [0, 0.1) is 0 Å². The van der Waals surface area contributed by atoms with Crippen LogP contribution in [-0.2, 0) is 10.9 Å². The van der Waals surface area contributed by atoms with Gasteiger partial charge in [0.1, 0.15) is 11.4 Å². The molecule has 1 aliphatic heterocycles. The molecule has 0 atom stereocenters. The molecule has 1 aromatic heterocycles. The van der Waals surface area contributed by atoms with Crippen molar-refractivity contribution in [2.24, 2.45) is 0 Å². The first-order valence-corrected chi connectivity index (χ1v) is 7.83. The highest BCUT2D eigenvalue weighted by atomic mass is 19.4. The molecule has 0 saturated carbocycles. The van der Waals surface area contributed by atoms with E-state index in [-0.39, 0.29) is 12.4 Å².